The number of furan rings is 1. The molecule has 0 aliphatic carbocycles. The van der Waals surface area contributed by atoms with Crippen molar-refractivity contribution in [2.75, 3.05) is 0 Å². The molecule has 4 heterocycles. The van der Waals surface area contributed by atoms with Crippen LogP contribution >= 0.6 is 11.3 Å². The van der Waals surface area contributed by atoms with Gasteiger partial charge in [0.1, 0.15) is 16.8 Å². The van der Waals surface area contributed by atoms with Crippen LogP contribution < -0.4 is 0 Å². The molecule has 5 rings (SSSR count). The maximum Gasteiger partial charge on any atom is 0.290 e. The van der Waals surface area contributed by atoms with Crippen LogP contribution in [-0.2, 0) is 11.3 Å². The number of nitrogens with zero attached hydrogens (tertiary/aromatic N) is 3. The molecule has 1 amide bonds. The number of thiazole rings is 1. The summed E-state index contributed by atoms with van der Waals surface area (Å²) < 4.78 is 5.58. The Hall–Kier alpha value is -4.04. The first-order chi connectivity index (χ1) is 16.0. The van der Waals surface area contributed by atoms with Gasteiger partial charge in [0.15, 0.2) is 5.76 Å². The molecule has 33 heavy (non-hydrogen) atoms. The topological polar surface area (TPSA) is 96.5 Å². The second-order valence-corrected chi connectivity index (χ2v) is 8.60. The molecule has 1 atom stereocenters. The van der Waals surface area contributed by atoms with Crippen molar-refractivity contribution in [3.8, 4) is 10.6 Å². The fourth-order valence-corrected chi connectivity index (χ4v) is 4.94. The molecule has 4 aromatic rings. The average Bonchev–Trinajstić information content (AvgIpc) is 3.56. The summed E-state index contributed by atoms with van der Waals surface area (Å²) in [7, 11) is 0. The van der Waals surface area contributed by atoms with E-state index in [1.165, 1.54) is 22.5 Å². The summed E-state index contributed by atoms with van der Waals surface area (Å²) in [4.78, 5) is 37.2. The van der Waals surface area contributed by atoms with E-state index < -0.39 is 23.5 Å². The molecule has 0 fully saturated rings. The molecule has 0 saturated heterocycles. The number of carbonyl (C=O) groups is 2. The van der Waals surface area contributed by atoms with Gasteiger partial charge >= 0.3 is 0 Å². The summed E-state index contributed by atoms with van der Waals surface area (Å²) in [6.45, 7) is 1.91. The highest BCUT2D eigenvalue weighted by Crippen LogP contribution is 2.41. The van der Waals surface area contributed by atoms with Crippen LogP contribution in [0.1, 0.15) is 32.7 Å². The van der Waals surface area contributed by atoms with E-state index in [2.05, 4.69) is 9.97 Å². The molecule has 1 N–H and O–H groups in total. The minimum Gasteiger partial charge on any atom is -0.503 e. The largest absolute Gasteiger partial charge is 0.503 e. The Balaban J connectivity index is 1.55. The minimum atomic E-state index is -0.859. The lowest BCUT2D eigenvalue weighted by molar-refractivity contribution is -0.130. The molecule has 1 unspecified atom stereocenters. The summed E-state index contributed by atoms with van der Waals surface area (Å²) in [6.07, 6.45) is 4.76. The number of hydrogen-bond donors (Lipinski definition) is 1. The smallest absolute Gasteiger partial charge is 0.290 e. The predicted octanol–water partition coefficient (Wildman–Crippen LogP) is 4.89. The van der Waals surface area contributed by atoms with Crippen LogP contribution in [0.4, 0.5) is 0 Å². The highest BCUT2D eigenvalue weighted by atomic mass is 32.1. The van der Waals surface area contributed by atoms with Gasteiger partial charge in [0.05, 0.1) is 22.4 Å². The Morgan fingerprint density at radius 2 is 1.97 bits per heavy atom. The van der Waals surface area contributed by atoms with Crippen molar-refractivity contribution >= 4 is 23.0 Å². The number of aliphatic hydroxyl groups excluding tert-OH is 1. The number of Topliss-reactive ketones (excluding diaryl/α,β-unsaturated/α-hetero) is 1. The standard InChI is InChI=1S/C25H19N3O4S/c1-15-23(33-24(27-15)17-8-3-2-4-9-17)21(29)19-20(18-10-6-12-32-18)28(25(31)22(19)30)14-16-7-5-11-26-13-16/h2-13,20,30H,14H2,1H3. The van der Waals surface area contributed by atoms with E-state index in [0.29, 0.717) is 21.3 Å². The summed E-state index contributed by atoms with van der Waals surface area (Å²) in [5.41, 5.74) is 2.20. The van der Waals surface area contributed by atoms with Crippen LogP contribution in [0.15, 0.2) is 89.0 Å². The number of aromatic nitrogens is 2. The van der Waals surface area contributed by atoms with Gasteiger partial charge in [0.2, 0.25) is 5.78 Å². The highest BCUT2D eigenvalue weighted by Gasteiger charge is 2.45. The zero-order valence-electron chi connectivity index (χ0n) is 17.6. The molecule has 1 aliphatic heterocycles. The van der Waals surface area contributed by atoms with E-state index in [-0.39, 0.29) is 12.1 Å². The number of hydrogen-bond acceptors (Lipinski definition) is 7. The number of carbonyl (C=O) groups excluding carboxylic acids is 2. The molecule has 1 aromatic carbocycles. The van der Waals surface area contributed by atoms with Gasteiger partial charge in [-0.15, -0.1) is 11.3 Å². The number of aliphatic hydroxyl groups is 1. The van der Waals surface area contributed by atoms with Crippen molar-refractivity contribution in [2.24, 2.45) is 0 Å². The van der Waals surface area contributed by atoms with E-state index in [0.717, 1.165) is 11.1 Å². The fraction of sp³-hybridized carbons (Fsp3) is 0.120. The van der Waals surface area contributed by atoms with Gasteiger partial charge in [0.25, 0.3) is 5.91 Å². The number of rotatable bonds is 6. The molecular formula is C25H19N3O4S. The minimum absolute atomic E-state index is 0.00907. The fourth-order valence-electron chi connectivity index (χ4n) is 3.91. The van der Waals surface area contributed by atoms with Gasteiger partial charge < -0.3 is 14.4 Å². The molecule has 0 bridgehead atoms. The average molecular weight is 458 g/mol. The maximum atomic E-state index is 13.7. The van der Waals surface area contributed by atoms with Crippen LogP contribution in [0.5, 0.6) is 0 Å². The lowest BCUT2D eigenvalue weighted by atomic mass is 9.99. The second kappa shape index (κ2) is 8.48. The number of amides is 1. The molecule has 0 radical (unpaired) electrons. The third kappa shape index (κ3) is 3.74. The normalized spacial score (nSPS) is 16.0. The summed E-state index contributed by atoms with van der Waals surface area (Å²) in [5, 5.41) is 11.5. The highest BCUT2D eigenvalue weighted by molar-refractivity contribution is 7.17. The first-order valence-corrected chi connectivity index (χ1v) is 11.1. The van der Waals surface area contributed by atoms with Crippen LogP contribution in [0.2, 0.25) is 0 Å². The molecule has 1 aliphatic rings. The zero-order valence-corrected chi connectivity index (χ0v) is 18.5. The molecule has 0 saturated carbocycles. The van der Waals surface area contributed by atoms with Gasteiger partial charge in [-0.3, -0.25) is 14.6 Å². The monoisotopic (exact) mass is 457 g/mol. The lowest BCUT2D eigenvalue weighted by Gasteiger charge is -2.24. The Bertz CT molecular complexity index is 1350. The Labute approximate surface area is 193 Å². The Morgan fingerprint density at radius 1 is 1.15 bits per heavy atom. The lowest BCUT2D eigenvalue weighted by Crippen LogP contribution is -2.30. The van der Waals surface area contributed by atoms with Crippen molar-refractivity contribution in [3.05, 3.63) is 106 Å². The number of aryl methyl sites for hydroxylation is 1. The van der Waals surface area contributed by atoms with Crippen molar-refractivity contribution in [1.29, 1.82) is 0 Å². The van der Waals surface area contributed by atoms with E-state index >= 15 is 0 Å². The first-order valence-electron chi connectivity index (χ1n) is 10.3. The maximum absolute atomic E-state index is 13.7. The third-order valence-corrected chi connectivity index (χ3v) is 6.67. The number of benzene rings is 1. The van der Waals surface area contributed by atoms with Crippen molar-refractivity contribution in [1.82, 2.24) is 14.9 Å². The van der Waals surface area contributed by atoms with Gasteiger partial charge in [-0.1, -0.05) is 36.4 Å². The first kappa shape index (κ1) is 20.8. The second-order valence-electron chi connectivity index (χ2n) is 7.60. The summed E-state index contributed by atoms with van der Waals surface area (Å²) in [5.74, 6) is -1.24. The number of ketones is 1. The van der Waals surface area contributed by atoms with E-state index in [1.54, 1.807) is 37.5 Å². The SMILES string of the molecule is Cc1nc(-c2ccccc2)sc1C(=O)C1=C(O)C(=O)N(Cc2cccnc2)C1c1ccco1. The van der Waals surface area contributed by atoms with Gasteiger partial charge in [-0.05, 0) is 30.7 Å². The van der Waals surface area contributed by atoms with Crippen LogP contribution in [0, 0.1) is 6.92 Å². The summed E-state index contributed by atoms with van der Waals surface area (Å²) >= 11 is 1.24. The van der Waals surface area contributed by atoms with Crippen molar-refractivity contribution < 1.29 is 19.1 Å². The van der Waals surface area contributed by atoms with Crippen molar-refractivity contribution in [3.63, 3.8) is 0 Å². The van der Waals surface area contributed by atoms with E-state index in [9.17, 15) is 14.7 Å². The molecule has 164 valence electrons. The van der Waals surface area contributed by atoms with Gasteiger partial charge in [-0.2, -0.15) is 0 Å². The van der Waals surface area contributed by atoms with Crippen LogP contribution in [0.25, 0.3) is 10.6 Å². The molecule has 7 nitrogen and oxygen atoms in total. The molecule has 3 aromatic heterocycles. The predicted molar refractivity (Wildman–Crippen MR) is 123 cm³/mol. The van der Waals surface area contributed by atoms with Crippen LogP contribution in [0.3, 0.4) is 0 Å². The van der Waals surface area contributed by atoms with Gasteiger partial charge in [-0.25, -0.2) is 4.98 Å². The molecule has 8 heteroatoms. The van der Waals surface area contributed by atoms with E-state index in [4.69, 9.17) is 4.42 Å². The molecular weight excluding hydrogens is 438 g/mol. The van der Waals surface area contributed by atoms with Crippen LogP contribution in [-0.4, -0.2) is 31.7 Å². The quantitative estimate of drug-likeness (QED) is 0.414. The number of pyridine rings is 1. The van der Waals surface area contributed by atoms with E-state index in [1.807, 2.05) is 36.4 Å². The van der Waals surface area contributed by atoms with Gasteiger partial charge in [0, 0.05) is 24.5 Å². The third-order valence-electron chi connectivity index (χ3n) is 5.46. The Morgan fingerprint density at radius 3 is 2.67 bits per heavy atom. The molecule has 0 spiro atoms. The summed E-state index contributed by atoms with van der Waals surface area (Å²) in [6, 6.07) is 15.7. The zero-order chi connectivity index (χ0) is 22.9. The van der Waals surface area contributed by atoms with Crippen molar-refractivity contribution in [2.45, 2.75) is 19.5 Å². The Kier molecular flexibility index (Phi) is 5.35.